The predicted molar refractivity (Wildman–Crippen MR) is 83.9 cm³/mol. The van der Waals surface area contributed by atoms with E-state index in [-0.39, 0.29) is 0 Å². The molecule has 0 aromatic carbocycles. The van der Waals surface area contributed by atoms with Crippen LogP contribution in [0.25, 0.3) is 0 Å². The van der Waals surface area contributed by atoms with E-state index in [0.29, 0.717) is 11.1 Å². The highest BCUT2D eigenvalue weighted by molar-refractivity contribution is 6.31. The first kappa shape index (κ1) is 16.0. The van der Waals surface area contributed by atoms with Crippen molar-refractivity contribution < 1.29 is 0 Å². The molecule has 1 aromatic rings. The monoisotopic (exact) mass is 281 g/mol. The average Bonchev–Trinajstić information content (AvgIpc) is 2.34. The van der Waals surface area contributed by atoms with Crippen molar-refractivity contribution in [3.05, 3.63) is 35.0 Å². The van der Waals surface area contributed by atoms with Gasteiger partial charge in [-0.2, -0.15) is 0 Å². The van der Waals surface area contributed by atoms with Crippen LogP contribution in [0, 0.1) is 0 Å². The highest BCUT2D eigenvalue weighted by Crippen LogP contribution is 2.21. The summed E-state index contributed by atoms with van der Waals surface area (Å²) in [7, 11) is 0. The molecule has 0 amide bonds. The van der Waals surface area contributed by atoms with E-state index in [1.165, 1.54) is 0 Å². The van der Waals surface area contributed by atoms with E-state index >= 15 is 0 Å². The number of nitrogens with zero attached hydrogens (tertiary/aromatic N) is 2. The number of pyridine rings is 1. The van der Waals surface area contributed by atoms with Gasteiger partial charge in [0.25, 0.3) is 0 Å². The normalized spacial score (nSPS) is 10.8. The molecule has 0 radical (unpaired) electrons. The molecule has 19 heavy (non-hydrogen) atoms. The van der Waals surface area contributed by atoms with E-state index in [1.54, 1.807) is 6.20 Å². The van der Waals surface area contributed by atoms with Crippen molar-refractivity contribution >= 4 is 17.4 Å². The number of hydrogen-bond acceptors (Lipinski definition) is 3. The van der Waals surface area contributed by atoms with Gasteiger partial charge in [-0.25, -0.2) is 4.98 Å². The maximum absolute atomic E-state index is 6.19. The Morgan fingerprint density at radius 3 is 2.74 bits per heavy atom. The van der Waals surface area contributed by atoms with Crippen LogP contribution in [-0.2, 0) is 6.54 Å². The summed E-state index contributed by atoms with van der Waals surface area (Å²) in [5, 5.41) is 4.09. The zero-order chi connectivity index (χ0) is 14.4. The molecule has 0 unspecified atom stereocenters. The van der Waals surface area contributed by atoms with Crippen molar-refractivity contribution in [3.8, 4) is 0 Å². The fraction of sp³-hybridized carbons (Fsp3) is 0.533. The van der Waals surface area contributed by atoms with Crippen LogP contribution in [0.3, 0.4) is 0 Å². The molecular formula is C15H24ClN3. The molecule has 0 saturated heterocycles. The van der Waals surface area contributed by atoms with Gasteiger partial charge in [0.1, 0.15) is 5.82 Å². The maximum atomic E-state index is 6.19. The first-order chi connectivity index (χ1) is 8.93. The number of likely N-dealkylation sites (N-methyl/N-ethyl adjacent to an activating group) is 1. The summed E-state index contributed by atoms with van der Waals surface area (Å²) in [6.07, 6.45) is 1.73. The van der Waals surface area contributed by atoms with E-state index in [4.69, 9.17) is 11.6 Å². The number of hydrogen-bond donors (Lipinski definition) is 1. The van der Waals surface area contributed by atoms with Gasteiger partial charge in [-0.3, -0.25) is 0 Å². The number of aromatic nitrogens is 1. The molecule has 0 atom stereocenters. The minimum Gasteiger partial charge on any atom is -0.353 e. The largest absolute Gasteiger partial charge is 0.353 e. The van der Waals surface area contributed by atoms with Crippen molar-refractivity contribution in [2.75, 3.05) is 18.0 Å². The van der Waals surface area contributed by atoms with Crippen molar-refractivity contribution in [2.24, 2.45) is 0 Å². The number of halogens is 1. The lowest BCUT2D eigenvalue weighted by atomic mass is 10.2. The third-order valence-corrected chi connectivity index (χ3v) is 3.13. The Morgan fingerprint density at radius 1 is 1.53 bits per heavy atom. The molecule has 106 valence electrons. The topological polar surface area (TPSA) is 28.2 Å². The average molecular weight is 282 g/mol. The lowest BCUT2D eigenvalue weighted by Crippen LogP contribution is -2.26. The number of nitrogens with one attached hydrogen (secondary N) is 1. The Hall–Kier alpha value is -1.06. The van der Waals surface area contributed by atoms with E-state index in [2.05, 4.69) is 48.6 Å². The molecule has 0 aliphatic carbocycles. The third-order valence-electron chi connectivity index (χ3n) is 2.79. The van der Waals surface area contributed by atoms with Crippen LogP contribution in [-0.4, -0.2) is 24.1 Å². The molecule has 4 heteroatoms. The summed E-state index contributed by atoms with van der Waals surface area (Å²) in [5.41, 5.74) is 2.21. The highest BCUT2D eigenvalue weighted by Gasteiger charge is 2.09. The lowest BCUT2D eigenvalue weighted by Gasteiger charge is -2.23. The van der Waals surface area contributed by atoms with E-state index < -0.39 is 0 Å². The van der Waals surface area contributed by atoms with Crippen LogP contribution in [0.1, 0.15) is 33.3 Å². The molecule has 1 N–H and O–H groups in total. The fourth-order valence-electron chi connectivity index (χ4n) is 1.77. The van der Waals surface area contributed by atoms with Crippen LogP contribution in [0.4, 0.5) is 5.82 Å². The molecule has 0 aliphatic heterocycles. The molecule has 1 heterocycles. The maximum Gasteiger partial charge on any atom is 0.129 e. The second-order valence-corrected chi connectivity index (χ2v) is 5.55. The number of anilines is 1. The van der Waals surface area contributed by atoms with E-state index in [0.717, 1.165) is 36.6 Å². The zero-order valence-corrected chi connectivity index (χ0v) is 13.1. The molecule has 3 nitrogen and oxygen atoms in total. The van der Waals surface area contributed by atoms with Gasteiger partial charge in [-0.1, -0.05) is 37.6 Å². The van der Waals surface area contributed by atoms with Crippen LogP contribution in [0.15, 0.2) is 24.4 Å². The molecule has 0 aliphatic rings. The van der Waals surface area contributed by atoms with Gasteiger partial charge >= 0.3 is 0 Å². The summed E-state index contributed by atoms with van der Waals surface area (Å²) >= 11 is 6.19. The smallest absolute Gasteiger partial charge is 0.129 e. The van der Waals surface area contributed by atoms with Gasteiger partial charge < -0.3 is 10.2 Å². The SMILES string of the molecule is C=C(C)CN(CC)c1cc(CNC(C)C)c(Cl)cn1. The highest BCUT2D eigenvalue weighted by atomic mass is 35.5. The third kappa shape index (κ3) is 5.21. The molecule has 0 bridgehead atoms. The fourth-order valence-corrected chi connectivity index (χ4v) is 1.94. The molecular weight excluding hydrogens is 258 g/mol. The summed E-state index contributed by atoms with van der Waals surface area (Å²) < 4.78 is 0. The Bertz CT molecular complexity index is 429. The standard InChI is InChI=1S/C15H24ClN3/c1-6-19(10-11(2)3)15-7-13(8-17-12(4)5)14(16)9-18-15/h7,9,12,17H,2,6,8,10H2,1,3-5H3. The van der Waals surface area contributed by atoms with E-state index in [1.807, 2.05) is 6.92 Å². The van der Waals surface area contributed by atoms with Crippen LogP contribution in [0.2, 0.25) is 5.02 Å². The van der Waals surface area contributed by atoms with Gasteiger partial charge in [-0.05, 0) is 25.5 Å². The van der Waals surface area contributed by atoms with Gasteiger partial charge in [0, 0.05) is 31.9 Å². The summed E-state index contributed by atoms with van der Waals surface area (Å²) in [4.78, 5) is 6.61. The van der Waals surface area contributed by atoms with Crippen molar-refractivity contribution in [2.45, 2.75) is 40.3 Å². The second-order valence-electron chi connectivity index (χ2n) is 5.14. The van der Waals surface area contributed by atoms with Crippen molar-refractivity contribution in [1.82, 2.24) is 10.3 Å². The van der Waals surface area contributed by atoms with Gasteiger partial charge in [-0.15, -0.1) is 0 Å². The Labute approximate surface area is 121 Å². The van der Waals surface area contributed by atoms with Crippen LogP contribution < -0.4 is 10.2 Å². The van der Waals surface area contributed by atoms with Crippen molar-refractivity contribution in [3.63, 3.8) is 0 Å². The van der Waals surface area contributed by atoms with Gasteiger partial charge in [0.05, 0.1) is 5.02 Å². The number of rotatable bonds is 7. The minimum absolute atomic E-state index is 0.436. The molecule has 0 fully saturated rings. The quantitative estimate of drug-likeness (QED) is 0.774. The van der Waals surface area contributed by atoms with Crippen molar-refractivity contribution in [1.29, 1.82) is 0 Å². The zero-order valence-electron chi connectivity index (χ0n) is 12.3. The minimum atomic E-state index is 0.436. The first-order valence-corrected chi connectivity index (χ1v) is 7.09. The first-order valence-electron chi connectivity index (χ1n) is 6.71. The lowest BCUT2D eigenvalue weighted by molar-refractivity contribution is 0.588. The molecule has 0 spiro atoms. The molecule has 0 saturated carbocycles. The Morgan fingerprint density at radius 2 is 2.21 bits per heavy atom. The Balaban J connectivity index is 2.89. The van der Waals surface area contributed by atoms with Crippen LogP contribution >= 0.6 is 11.6 Å². The molecule has 1 rings (SSSR count). The second kappa shape index (κ2) is 7.51. The summed E-state index contributed by atoms with van der Waals surface area (Å²) in [6, 6.07) is 2.50. The Kier molecular flexibility index (Phi) is 6.32. The van der Waals surface area contributed by atoms with E-state index in [9.17, 15) is 0 Å². The van der Waals surface area contributed by atoms with Crippen LogP contribution in [0.5, 0.6) is 0 Å². The molecule has 1 aromatic heterocycles. The summed E-state index contributed by atoms with van der Waals surface area (Å²) in [5.74, 6) is 0.954. The predicted octanol–water partition coefficient (Wildman–Crippen LogP) is 3.64. The van der Waals surface area contributed by atoms with Gasteiger partial charge in [0.15, 0.2) is 0 Å². The van der Waals surface area contributed by atoms with Gasteiger partial charge in [0.2, 0.25) is 0 Å². The summed E-state index contributed by atoms with van der Waals surface area (Å²) in [6.45, 7) is 14.8.